The maximum absolute atomic E-state index is 12.9. The first-order valence-electron chi connectivity index (χ1n) is 7.55. The second-order valence-electron chi connectivity index (χ2n) is 5.50. The molecule has 0 unspecified atom stereocenters. The Bertz CT molecular complexity index is 951. The summed E-state index contributed by atoms with van der Waals surface area (Å²) in [5.41, 5.74) is 1.41. The molecule has 3 rings (SSSR count). The fraction of sp³-hybridized carbons (Fsp3) is 0.0526. The zero-order valence-corrected chi connectivity index (χ0v) is 14.3. The summed E-state index contributed by atoms with van der Waals surface area (Å²) in [5.74, 6) is 0.674. The summed E-state index contributed by atoms with van der Waals surface area (Å²) < 4.78 is 45.7. The topological polar surface area (TPSA) is 55.4 Å². The molecule has 128 valence electrons. The van der Waals surface area contributed by atoms with E-state index in [1.54, 1.807) is 48.5 Å². The second kappa shape index (κ2) is 6.94. The van der Waals surface area contributed by atoms with Crippen LogP contribution in [0, 0.1) is 12.7 Å². The van der Waals surface area contributed by atoms with E-state index in [0.29, 0.717) is 17.2 Å². The van der Waals surface area contributed by atoms with Crippen molar-refractivity contribution < 1.29 is 17.5 Å². The van der Waals surface area contributed by atoms with Gasteiger partial charge in [-0.15, -0.1) is 0 Å². The summed E-state index contributed by atoms with van der Waals surface area (Å²) in [6.45, 7) is 1.89. The largest absolute Gasteiger partial charge is 0.457 e. The van der Waals surface area contributed by atoms with Gasteiger partial charge >= 0.3 is 0 Å². The van der Waals surface area contributed by atoms with Crippen LogP contribution in [0.5, 0.6) is 11.5 Å². The van der Waals surface area contributed by atoms with Crippen LogP contribution in [0.1, 0.15) is 5.56 Å². The first kappa shape index (κ1) is 17.0. The zero-order valence-electron chi connectivity index (χ0n) is 13.4. The Labute approximate surface area is 146 Å². The number of benzene rings is 3. The Morgan fingerprint density at radius 1 is 0.800 bits per heavy atom. The number of hydrogen-bond donors (Lipinski definition) is 1. The van der Waals surface area contributed by atoms with Gasteiger partial charge in [-0.1, -0.05) is 17.7 Å². The molecule has 0 aliphatic carbocycles. The van der Waals surface area contributed by atoms with Gasteiger partial charge in [-0.3, -0.25) is 4.72 Å². The van der Waals surface area contributed by atoms with E-state index in [-0.39, 0.29) is 10.7 Å². The van der Waals surface area contributed by atoms with Gasteiger partial charge in [-0.05, 0) is 67.6 Å². The Morgan fingerprint density at radius 3 is 1.88 bits per heavy atom. The molecule has 0 spiro atoms. The second-order valence-corrected chi connectivity index (χ2v) is 7.18. The minimum absolute atomic E-state index is 0.199. The molecule has 6 heteroatoms. The van der Waals surface area contributed by atoms with Crippen LogP contribution in [0.25, 0.3) is 0 Å². The summed E-state index contributed by atoms with van der Waals surface area (Å²) in [5, 5.41) is 0. The highest BCUT2D eigenvalue weighted by atomic mass is 32.2. The maximum Gasteiger partial charge on any atom is 0.261 e. The van der Waals surface area contributed by atoms with Crippen molar-refractivity contribution >= 4 is 15.7 Å². The van der Waals surface area contributed by atoms with E-state index in [9.17, 15) is 12.8 Å². The molecule has 3 aromatic carbocycles. The van der Waals surface area contributed by atoms with Crippen LogP contribution >= 0.6 is 0 Å². The van der Waals surface area contributed by atoms with E-state index < -0.39 is 10.0 Å². The lowest BCUT2D eigenvalue weighted by atomic mass is 10.2. The molecule has 0 heterocycles. The molecule has 0 radical (unpaired) electrons. The molecular formula is C19H16FNO3S. The Balaban J connectivity index is 1.71. The summed E-state index contributed by atoms with van der Waals surface area (Å²) in [7, 11) is -3.64. The van der Waals surface area contributed by atoms with Crippen molar-refractivity contribution in [1.29, 1.82) is 0 Å². The van der Waals surface area contributed by atoms with E-state index in [2.05, 4.69) is 4.72 Å². The van der Waals surface area contributed by atoms with Gasteiger partial charge in [-0.25, -0.2) is 12.8 Å². The van der Waals surface area contributed by atoms with Gasteiger partial charge in [0.15, 0.2) is 0 Å². The summed E-state index contributed by atoms with van der Waals surface area (Å²) in [6.07, 6.45) is 0. The summed E-state index contributed by atoms with van der Waals surface area (Å²) in [6, 6.07) is 18.7. The summed E-state index contributed by atoms with van der Waals surface area (Å²) >= 11 is 0. The van der Waals surface area contributed by atoms with Crippen LogP contribution in [0.4, 0.5) is 10.1 Å². The molecule has 0 bridgehead atoms. The highest BCUT2D eigenvalue weighted by Gasteiger charge is 2.13. The van der Waals surface area contributed by atoms with Gasteiger partial charge in [0.2, 0.25) is 0 Å². The molecule has 0 aliphatic rings. The molecule has 0 fully saturated rings. The Hall–Kier alpha value is -2.86. The van der Waals surface area contributed by atoms with Crippen LogP contribution in [0.3, 0.4) is 0 Å². The van der Waals surface area contributed by atoms with Crippen LogP contribution in [0.2, 0.25) is 0 Å². The number of ether oxygens (including phenoxy) is 1. The predicted molar refractivity (Wildman–Crippen MR) is 94.9 cm³/mol. The first-order chi connectivity index (χ1) is 11.9. The number of anilines is 1. The van der Waals surface area contributed by atoms with Crippen LogP contribution < -0.4 is 9.46 Å². The first-order valence-corrected chi connectivity index (χ1v) is 9.04. The van der Waals surface area contributed by atoms with Crippen molar-refractivity contribution in [2.75, 3.05) is 4.72 Å². The lowest BCUT2D eigenvalue weighted by molar-refractivity contribution is 0.480. The average molecular weight is 357 g/mol. The van der Waals surface area contributed by atoms with E-state index in [1.807, 2.05) is 6.92 Å². The van der Waals surface area contributed by atoms with Gasteiger partial charge < -0.3 is 4.74 Å². The van der Waals surface area contributed by atoms with Crippen molar-refractivity contribution in [3.05, 3.63) is 84.2 Å². The number of hydrogen-bond acceptors (Lipinski definition) is 3. The van der Waals surface area contributed by atoms with Gasteiger partial charge in [-0.2, -0.15) is 0 Å². The number of sulfonamides is 1. The molecule has 0 saturated carbocycles. The highest BCUT2D eigenvalue weighted by molar-refractivity contribution is 7.92. The van der Waals surface area contributed by atoms with E-state index in [4.69, 9.17) is 4.74 Å². The number of aryl methyl sites for hydroxylation is 1. The number of halogens is 1. The Kier molecular flexibility index (Phi) is 4.72. The predicted octanol–water partition coefficient (Wildman–Crippen LogP) is 4.73. The van der Waals surface area contributed by atoms with Gasteiger partial charge in [0.05, 0.1) is 4.90 Å². The molecule has 0 aromatic heterocycles. The van der Waals surface area contributed by atoms with E-state index in [1.165, 1.54) is 24.3 Å². The van der Waals surface area contributed by atoms with Crippen molar-refractivity contribution in [1.82, 2.24) is 0 Å². The van der Waals surface area contributed by atoms with Gasteiger partial charge in [0, 0.05) is 5.69 Å². The lowest BCUT2D eigenvalue weighted by Crippen LogP contribution is -2.12. The molecular weight excluding hydrogens is 341 g/mol. The molecule has 0 aliphatic heterocycles. The minimum atomic E-state index is -3.64. The Morgan fingerprint density at radius 2 is 1.32 bits per heavy atom. The van der Waals surface area contributed by atoms with Crippen LogP contribution in [-0.4, -0.2) is 8.42 Å². The molecule has 0 saturated heterocycles. The average Bonchev–Trinajstić information content (AvgIpc) is 2.59. The minimum Gasteiger partial charge on any atom is -0.457 e. The van der Waals surface area contributed by atoms with Gasteiger partial charge in [0.1, 0.15) is 17.3 Å². The third kappa shape index (κ3) is 4.36. The molecule has 0 amide bonds. The third-order valence-electron chi connectivity index (χ3n) is 3.49. The molecule has 3 aromatic rings. The van der Waals surface area contributed by atoms with E-state index in [0.717, 1.165) is 5.56 Å². The zero-order chi connectivity index (χ0) is 17.9. The van der Waals surface area contributed by atoms with Crippen molar-refractivity contribution in [2.24, 2.45) is 0 Å². The number of rotatable bonds is 5. The molecule has 0 atom stereocenters. The van der Waals surface area contributed by atoms with Crippen LogP contribution in [0.15, 0.2) is 77.7 Å². The molecule has 25 heavy (non-hydrogen) atoms. The smallest absolute Gasteiger partial charge is 0.261 e. The third-order valence-corrected chi connectivity index (χ3v) is 4.88. The maximum atomic E-state index is 12.9. The standard InChI is InChI=1S/C19H16FNO3S/c1-14-2-12-19(13-3-14)25(22,23)21-16-6-10-18(11-7-16)24-17-8-4-15(20)5-9-17/h2-13,21H,1H3. The van der Waals surface area contributed by atoms with Crippen molar-refractivity contribution in [3.63, 3.8) is 0 Å². The lowest BCUT2D eigenvalue weighted by Gasteiger charge is -2.10. The summed E-state index contributed by atoms with van der Waals surface area (Å²) in [4.78, 5) is 0.199. The highest BCUT2D eigenvalue weighted by Crippen LogP contribution is 2.24. The molecule has 1 N–H and O–H groups in total. The normalized spacial score (nSPS) is 11.1. The van der Waals surface area contributed by atoms with Crippen LogP contribution in [-0.2, 0) is 10.0 Å². The van der Waals surface area contributed by atoms with Crippen molar-refractivity contribution in [3.8, 4) is 11.5 Å². The number of nitrogens with one attached hydrogen (secondary N) is 1. The van der Waals surface area contributed by atoms with Crippen molar-refractivity contribution in [2.45, 2.75) is 11.8 Å². The quantitative estimate of drug-likeness (QED) is 0.718. The molecule has 4 nitrogen and oxygen atoms in total. The fourth-order valence-electron chi connectivity index (χ4n) is 2.16. The van der Waals surface area contributed by atoms with Gasteiger partial charge in [0.25, 0.3) is 10.0 Å². The fourth-order valence-corrected chi connectivity index (χ4v) is 3.22. The monoisotopic (exact) mass is 357 g/mol. The van der Waals surface area contributed by atoms with E-state index >= 15 is 0 Å². The SMILES string of the molecule is Cc1ccc(S(=O)(=O)Nc2ccc(Oc3ccc(F)cc3)cc2)cc1.